The maximum atomic E-state index is 11.0. The van der Waals surface area contributed by atoms with Gasteiger partial charge in [0.2, 0.25) is 5.91 Å². The van der Waals surface area contributed by atoms with Gasteiger partial charge in [-0.05, 0) is 42.4 Å². The van der Waals surface area contributed by atoms with Crippen molar-refractivity contribution >= 4 is 11.6 Å². The molecule has 1 aromatic rings. The number of amides is 1. The summed E-state index contributed by atoms with van der Waals surface area (Å²) in [5, 5.41) is 2.79. The second-order valence-electron chi connectivity index (χ2n) is 6.24. The van der Waals surface area contributed by atoms with E-state index in [9.17, 15) is 4.79 Å². The zero-order valence-corrected chi connectivity index (χ0v) is 12.0. The Morgan fingerprint density at radius 2 is 2.05 bits per heavy atom. The molecule has 20 heavy (non-hydrogen) atoms. The van der Waals surface area contributed by atoms with E-state index < -0.39 is 0 Å². The zero-order chi connectivity index (χ0) is 14.1. The summed E-state index contributed by atoms with van der Waals surface area (Å²) >= 11 is 0. The lowest BCUT2D eigenvalue weighted by atomic mass is 9.98. The molecular formula is C16H23N3O. The normalized spacial score (nSPS) is 29.4. The van der Waals surface area contributed by atoms with Crippen LogP contribution in [0.25, 0.3) is 0 Å². The standard InChI is InChI=1S/C16H23N3O/c1-11(20)18-14-5-2-12(3-6-14)8-19-9-13-4-7-16(17)15(13)10-19/h2-3,5-6,13,15-16H,4,7-10,17H2,1H3,(H,18,20). The monoisotopic (exact) mass is 273 g/mol. The molecule has 1 aliphatic carbocycles. The Balaban J connectivity index is 1.57. The quantitative estimate of drug-likeness (QED) is 0.883. The van der Waals surface area contributed by atoms with Crippen LogP contribution in [0.15, 0.2) is 24.3 Å². The van der Waals surface area contributed by atoms with Gasteiger partial charge in [-0.2, -0.15) is 0 Å². The molecule has 3 rings (SSSR count). The third-order valence-electron chi connectivity index (χ3n) is 4.67. The molecule has 0 radical (unpaired) electrons. The number of nitrogens with one attached hydrogen (secondary N) is 1. The van der Waals surface area contributed by atoms with Gasteiger partial charge in [-0.15, -0.1) is 0 Å². The van der Waals surface area contributed by atoms with Gasteiger partial charge in [-0.3, -0.25) is 9.69 Å². The first-order valence-corrected chi connectivity index (χ1v) is 7.46. The van der Waals surface area contributed by atoms with Crippen molar-refractivity contribution < 1.29 is 4.79 Å². The molecule has 4 nitrogen and oxygen atoms in total. The van der Waals surface area contributed by atoms with E-state index in [4.69, 9.17) is 5.73 Å². The van der Waals surface area contributed by atoms with Gasteiger partial charge in [0.05, 0.1) is 0 Å². The number of nitrogens with zero attached hydrogens (tertiary/aromatic N) is 1. The molecule has 0 spiro atoms. The number of nitrogens with two attached hydrogens (primary N) is 1. The number of fused-ring (bicyclic) bond motifs is 1. The maximum Gasteiger partial charge on any atom is 0.221 e. The SMILES string of the molecule is CC(=O)Nc1ccc(CN2CC3CCC(N)C3C2)cc1. The van der Waals surface area contributed by atoms with Gasteiger partial charge in [0, 0.05) is 38.3 Å². The molecule has 0 aromatic heterocycles. The van der Waals surface area contributed by atoms with Crippen LogP contribution < -0.4 is 11.1 Å². The Labute approximate surface area is 120 Å². The fourth-order valence-corrected chi connectivity index (χ4v) is 3.68. The summed E-state index contributed by atoms with van der Waals surface area (Å²) in [6.07, 6.45) is 2.50. The van der Waals surface area contributed by atoms with E-state index in [0.29, 0.717) is 12.0 Å². The van der Waals surface area contributed by atoms with Gasteiger partial charge in [0.1, 0.15) is 0 Å². The van der Waals surface area contributed by atoms with E-state index in [1.54, 1.807) is 0 Å². The first kappa shape index (κ1) is 13.6. The molecule has 0 bridgehead atoms. The first-order valence-electron chi connectivity index (χ1n) is 7.46. The first-order chi connectivity index (χ1) is 9.61. The highest BCUT2D eigenvalue weighted by Gasteiger charge is 2.40. The topological polar surface area (TPSA) is 58.4 Å². The van der Waals surface area contributed by atoms with Crippen molar-refractivity contribution in [3.8, 4) is 0 Å². The van der Waals surface area contributed by atoms with Crippen molar-refractivity contribution in [3.63, 3.8) is 0 Å². The second kappa shape index (κ2) is 5.54. The smallest absolute Gasteiger partial charge is 0.221 e. The summed E-state index contributed by atoms with van der Waals surface area (Å²) < 4.78 is 0. The van der Waals surface area contributed by atoms with Crippen molar-refractivity contribution in [2.75, 3.05) is 18.4 Å². The molecule has 1 aromatic carbocycles. The summed E-state index contributed by atoms with van der Waals surface area (Å²) in [5.41, 5.74) is 8.34. The van der Waals surface area contributed by atoms with Crippen molar-refractivity contribution in [1.29, 1.82) is 0 Å². The highest BCUT2D eigenvalue weighted by Crippen LogP contribution is 2.37. The summed E-state index contributed by atoms with van der Waals surface area (Å²) in [6, 6.07) is 8.55. The van der Waals surface area contributed by atoms with Gasteiger partial charge in [0.25, 0.3) is 0 Å². The van der Waals surface area contributed by atoms with E-state index >= 15 is 0 Å². The van der Waals surface area contributed by atoms with Crippen LogP contribution in [-0.2, 0) is 11.3 Å². The molecular weight excluding hydrogens is 250 g/mol. The molecule has 2 fully saturated rings. The lowest BCUT2D eigenvalue weighted by Crippen LogP contribution is -2.30. The average Bonchev–Trinajstić information content (AvgIpc) is 2.94. The van der Waals surface area contributed by atoms with Crippen LogP contribution in [0, 0.1) is 11.8 Å². The minimum Gasteiger partial charge on any atom is -0.327 e. The predicted octanol–water partition coefficient (Wildman–Crippen LogP) is 1.81. The molecule has 108 valence electrons. The molecule has 1 saturated heterocycles. The van der Waals surface area contributed by atoms with Crippen molar-refractivity contribution in [2.24, 2.45) is 17.6 Å². The van der Waals surface area contributed by atoms with Crippen LogP contribution in [0.3, 0.4) is 0 Å². The summed E-state index contributed by atoms with van der Waals surface area (Å²) in [4.78, 5) is 13.5. The average molecular weight is 273 g/mol. The zero-order valence-electron chi connectivity index (χ0n) is 12.0. The molecule has 1 amide bonds. The molecule has 3 N–H and O–H groups in total. The predicted molar refractivity (Wildman–Crippen MR) is 80.2 cm³/mol. The molecule has 1 aliphatic heterocycles. The molecule has 1 saturated carbocycles. The minimum atomic E-state index is -0.0286. The number of rotatable bonds is 3. The van der Waals surface area contributed by atoms with E-state index in [-0.39, 0.29) is 5.91 Å². The van der Waals surface area contributed by atoms with E-state index in [2.05, 4.69) is 22.3 Å². The van der Waals surface area contributed by atoms with Crippen molar-refractivity contribution in [2.45, 2.75) is 32.4 Å². The summed E-state index contributed by atoms with van der Waals surface area (Å²) in [6.45, 7) is 4.84. The highest BCUT2D eigenvalue weighted by atomic mass is 16.1. The van der Waals surface area contributed by atoms with Crippen LogP contribution in [0.1, 0.15) is 25.3 Å². The van der Waals surface area contributed by atoms with Gasteiger partial charge in [-0.25, -0.2) is 0 Å². The molecule has 4 heteroatoms. The number of carbonyl (C=O) groups excluding carboxylic acids is 1. The Bertz CT molecular complexity index is 485. The third-order valence-corrected chi connectivity index (χ3v) is 4.67. The van der Waals surface area contributed by atoms with E-state index in [1.165, 1.54) is 31.9 Å². The van der Waals surface area contributed by atoms with Crippen LogP contribution in [0.5, 0.6) is 0 Å². The second-order valence-corrected chi connectivity index (χ2v) is 6.24. The Morgan fingerprint density at radius 1 is 1.30 bits per heavy atom. The highest BCUT2D eigenvalue weighted by molar-refractivity contribution is 5.88. The largest absolute Gasteiger partial charge is 0.327 e. The molecule has 2 aliphatic rings. The Kier molecular flexibility index (Phi) is 3.76. The number of likely N-dealkylation sites (tertiary alicyclic amines) is 1. The fraction of sp³-hybridized carbons (Fsp3) is 0.562. The van der Waals surface area contributed by atoms with E-state index in [1.807, 2.05) is 12.1 Å². The molecule has 3 atom stereocenters. The van der Waals surface area contributed by atoms with Gasteiger partial charge >= 0.3 is 0 Å². The van der Waals surface area contributed by atoms with Crippen LogP contribution in [0.4, 0.5) is 5.69 Å². The van der Waals surface area contributed by atoms with Gasteiger partial charge in [0.15, 0.2) is 0 Å². The van der Waals surface area contributed by atoms with Gasteiger partial charge in [-0.1, -0.05) is 12.1 Å². The lowest BCUT2D eigenvalue weighted by Gasteiger charge is -2.18. The fourth-order valence-electron chi connectivity index (χ4n) is 3.68. The van der Waals surface area contributed by atoms with Gasteiger partial charge < -0.3 is 11.1 Å². The third kappa shape index (κ3) is 2.86. The van der Waals surface area contributed by atoms with Crippen molar-refractivity contribution in [3.05, 3.63) is 29.8 Å². The number of benzene rings is 1. The number of hydrogen-bond acceptors (Lipinski definition) is 3. The summed E-state index contributed by atoms with van der Waals surface area (Å²) in [5.74, 6) is 1.48. The minimum absolute atomic E-state index is 0.0286. The van der Waals surface area contributed by atoms with E-state index in [0.717, 1.165) is 24.7 Å². The molecule has 1 heterocycles. The summed E-state index contributed by atoms with van der Waals surface area (Å²) in [7, 11) is 0. The van der Waals surface area contributed by atoms with Crippen LogP contribution >= 0.6 is 0 Å². The Hall–Kier alpha value is -1.39. The van der Waals surface area contributed by atoms with Crippen LogP contribution in [0.2, 0.25) is 0 Å². The maximum absolute atomic E-state index is 11.0. The van der Waals surface area contributed by atoms with Crippen LogP contribution in [-0.4, -0.2) is 29.9 Å². The molecule has 3 unspecified atom stereocenters. The lowest BCUT2D eigenvalue weighted by molar-refractivity contribution is -0.114. The number of anilines is 1. The number of hydrogen-bond donors (Lipinski definition) is 2. The van der Waals surface area contributed by atoms with Crippen molar-refractivity contribution in [1.82, 2.24) is 4.90 Å². The Morgan fingerprint density at radius 3 is 2.70 bits per heavy atom. The number of carbonyl (C=O) groups is 1.